The fraction of sp³-hybridized carbons (Fsp3) is 0. The van der Waals surface area contributed by atoms with Crippen molar-refractivity contribution in [2.45, 2.75) is 0 Å². The quantitative estimate of drug-likeness (QED) is 0.386. The van der Waals surface area contributed by atoms with Gasteiger partial charge in [-0.2, -0.15) is 5.10 Å². The van der Waals surface area contributed by atoms with Crippen LogP contribution < -0.4 is 5.10 Å². The Labute approximate surface area is 185 Å². The standard InChI is InChI=1S/C27H18N5/c1-3-9-18(10-4-1)20-15-22(24-17-28-25-14-8-7-13-21(24)25)26(19-11-5-2-6-12-19)23(16-20)27-29-31-32-30-27/h1-17,29H/q+1. The first-order valence-electron chi connectivity index (χ1n) is 10.4. The van der Waals surface area contributed by atoms with E-state index in [2.05, 4.69) is 86.3 Å². The second-order valence-electron chi connectivity index (χ2n) is 7.62. The smallest absolute Gasteiger partial charge is 0.208 e. The largest absolute Gasteiger partial charge is 0.222 e. The van der Waals surface area contributed by atoms with Gasteiger partial charge in [-0.25, -0.2) is 4.99 Å². The molecule has 2 heterocycles. The number of hydrogen-bond acceptors (Lipinski definition) is 4. The molecule has 5 aromatic rings. The molecule has 6 rings (SSSR count). The van der Waals surface area contributed by atoms with Crippen molar-refractivity contribution >= 4 is 11.9 Å². The second kappa shape index (κ2) is 7.63. The molecule has 1 aliphatic rings. The first-order valence-corrected chi connectivity index (χ1v) is 10.4. The van der Waals surface area contributed by atoms with Crippen LogP contribution in [0, 0.1) is 5.92 Å². The highest BCUT2D eigenvalue weighted by Gasteiger charge is 2.29. The van der Waals surface area contributed by atoms with Gasteiger partial charge in [-0.3, -0.25) is 0 Å². The Balaban J connectivity index is 1.68. The van der Waals surface area contributed by atoms with Crippen molar-refractivity contribution in [2.75, 3.05) is 0 Å². The van der Waals surface area contributed by atoms with Gasteiger partial charge in [0.1, 0.15) is 11.3 Å². The minimum Gasteiger partial charge on any atom is -0.208 e. The van der Waals surface area contributed by atoms with E-state index in [-0.39, 0.29) is 0 Å². The number of para-hydroxylation sites is 1. The predicted octanol–water partition coefficient (Wildman–Crippen LogP) is 5.09. The third-order valence-electron chi connectivity index (χ3n) is 5.73. The lowest BCUT2D eigenvalue weighted by molar-refractivity contribution is -0.444. The van der Waals surface area contributed by atoms with Crippen LogP contribution in [0.25, 0.3) is 33.6 Å². The van der Waals surface area contributed by atoms with E-state index in [1.54, 1.807) is 0 Å². The summed E-state index contributed by atoms with van der Waals surface area (Å²) in [6.45, 7) is 0. The van der Waals surface area contributed by atoms with E-state index in [9.17, 15) is 0 Å². The molecule has 0 fully saturated rings. The van der Waals surface area contributed by atoms with Crippen molar-refractivity contribution in [1.29, 1.82) is 0 Å². The number of aromatic amines is 1. The Hall–Kier alpha value is -4.51. The first kappa shape index (κ1) is 18.3. The number of rotatable bonds is 4. The number of fused-ring (bicyclic) bond motifs is 1. The van der Waals surface area contributed by atoms with Crippen molar-refractivity contribution in [1.82, 2.24) is 15.5 Å². The van der Waals surface area contributed by atoms with Crippen LogP contribution in [0.2, 0.25) is 0 Å². The molecule has 4 aromatic carbocycles. The molecule has 0 saturated carbocycles. The van der Waals surface area contributed by atoms with Crippen LogP contribution in [0.5, 0.6) is 0 Å². The lowest BCUT2D eigenvalue weighted by atomic mass is 9.82. The molecule has 150 valence electrons. The van der Waals surface area contributed by atoms with Crippen LogP contribution in [-0.4, -0.2) is 21.7 Å². The summed E-state index contributed by atoms with van der Waals surface area (Å²) < 4.78 is 0. The van der Waals surface area contributed by atoms with E-state index in [4.69, 9.17) is 0 Å². The number of tetrazole rings is 1. The molecule has 0 amide bonds. The summed E-state index contributed by atoms with van der Waals surface area (Å²) in [5.74, 6) is 1.72. The first-order chi connectivity index (χ1) is 15.9. The normalized spacial score (nSPS) is 12.2. The van der Waals surface area contributed by atoms with Gasteiger partial charge in [0.25, 0.3) is 0 Å². The summed E-state index contributed by atoms with van der Waals surface area (Å²) in [6, 6.07) is 33.4. The van der Waals surface area contributed by atoms with Gasteiger partial charge in [0.15, 0.2) is 5.21 Å². The van der Waals surface area contributed by atoms with Gasteiger partial charge in [0.2, 0.25) is 5.82 Å². The average Bonchev–Trinajstić information content (AvgIpc) is 3.55. The molecule has 0 atom stereocenters. The van der Waals surface area contributed by atoms with E-state index in [0.717, 1.165) is 50.5 Å². The summed E-state index contributed by atoms with van der Waals surface area (Å²) in [7, 11) is 0. The maximum Gasteiger partial charge on any atom is 0.222 e. The van der Waals surface area contributed by atoms with Crippen LogP contribution in [0.15, 0.2) is 102 Å². The number of hydrogen-bond donors (Lipinski definition) is 0. The predicted molar refractivity (Wildman–Crippen MR) is 124 cm³/mol. The number of benzene rings is 4. The summed E-state index contributed by atoms with van der Waals surface area (Å²) in [5, 5.41) is 14.9. The van der Waals surface area contributed by atoms with Gasteiger partial charge in [0.05, 0.1) is 17.3 Å². The molecular formula is C27H18N5+. The Morgan fingerprint density at radius 2 is 1.41 bits per heavy atom. The van der Waals surface area contributed by atoms with Gasteiger partial charge in [-0.05, 0) is 35.4 Å². The molecule has 5 nitrogen and oxygen atoms in total. The van der Waals surface area contributed by atoms with E-state index >= 15 is 0 Å². The van der Waals surface area contributed by atoms with E-state index in [1.165, 1.54) is 0 Å². The Kier molecular flexibility index (Phi) is 4.36. The molecule has 5 heteroatoms. The van der Waals surface area contributed by atoms with Gasteiger partial charge in [-0.1, -0.05) is 77.4 Å². The number of aliphatic imine (C=N–C) groups is 1. The lowest BCUT2D eigenvalue weighted by Gasteiger charge is -2.22. The van der Waals surface area contributed by atoms with Crippen molar-refractivity contribution in [2.24, 2.45) is 4.99 Å². The van der Waals surface area contributed by atoms with E-state index < -0.39 is 0 Å². The SMILES string of the molecule is C1=Nc2ccccc2[C+]1c1cc(-c2ccccc2)cc(-[c-]2nnn[nH+]2)c1-c1ccccc1. The average molecular weight is 412 g/mol. The third kappa shape index (κ3) is 3.08. The minimum absolute atomic E-state index is 0.631. The fourth-order valence-electron chi connectivity index (χ4n) is 4.26. The Morgan fingerprint density at radius 3 is 2.16 bits per heavy atom. The maximum atomic E-state index is 4.68. The number of aromatic nitrogens is 4. The van der Waals surface area contributed by atoms with Crippen molar-refractivity contribution in [3.63, 3.8) is 0 Å². The van der Waals surface area contributed by atoms with Gasteiger partial charge >= 0.3 is 0 Å². The molecule has 0 bridgehead atoms. The lowest BCUT2D eigenvalue weighted by Crippen LogP contribution is -2.09. The Morgan fingerprint density at radius 1 is 0.688 bits per heavy atom. The van der Waals surface area contributed by atoms with Crippen LogP contribution >= 0.6 is 0 Å². The van der Waals surface area contributed by atoms with Crippen LogP contribution in [0.4, 0.5) is 5.69 Å². The van der Waals surface area contributed by atoms with Crippen molar-refractivity contribution < 1.29 is 5.10 Å². The van der Waals surface area contributed by atoms with Crippen LogP contribution in [0.3, 0.4) is 0 Å². The molecular weight excluding hydrogens is 394 g/mol. The highest BCUT2D eigenvalue weighted by Crippen LogP contribution is 2.44. The molecule has 0 unspecified atom stereocenters. The van der Waals surface area contributed by atoms with Crippen LogP contribution in [0.1, 0.15) is 11.1 Å². The molecule has 1 aliphatic heterocycles. The van der Waals surface area contributed by atoms with E-state index in [1.807, 2.05) is 42.6 Å². The topological polar surface area (TPSA) is 65.2 Å². The van der Waals surface area contributed by atoms with Crippen molar-refractivity contribution in [3.8, 4) is 33.6 Å². The highest BCUT2D eigenvalue weighted by atomic mass is 15.5. The number of nitrogens with one attached hydrogen (secondary N) is 1. The zero-order valence-electron chi connectivity index (χ0n) is 17.1. The molecule has 0 aliphatic carbocycles. The second-order valence-corrected chi connectivity index (χ2v) is 7.62. The van der Waals surface area contributed by atoms with Gasteiger partial charge in [-0.15, -0.1) is 6.07 Å². The number of H-pyrrole nitrogens is 1. The molecule has 1 aromatic heterocycles. The molecule has 0 saturated heterocycles. The zero-order chi connectivity index (χ0) is 21.3. The van der Waals surface area contributed by atoms with Crippen molar-refractivity contribution in [3.05, 3.63) is 114 Å². The highest BCUT2D eigenvalue weighted by molar-refractivity contribution is 6.01. The van der Waals surface area contributed by atoms with Gasteiger partial charge < -0.3 is 0 Å². The minimum atomic E-state index is 0.631. The maximum absolute atomic E-state index is 4.68. The summed E-state index contributed by atoms with van der Waals surface area (Å²) in [4.78, 5) is 4.68. The summed E-state index contributed by atoms with van der Waals surface area (Å²) in [6.07, 6.45) is 1.96. The summed E-state index contributed by atoms with van der Waals surface area (Å²) >= 11 is 0. The third-order valence-corrected chi connectivity index (χ3v) is 5.73. The summed E-state index contributed by atoms with van der Waals surface area (Å²) in [5.41, 5.74) is 8.54. The zero-order valence-corrected chi connectivity index (χ0v) is 17.1. The van der Waals surface area contributed by atoms with Crippen LogP contribution in [-0.2, 0) is 0 Å². The monoisotopic (exact) mass is 412 g/mol. The van der Waals surface area contributed by atoms with Gasteiger partial charge in [0, 0.05) is 16.7 Å². The molecule has 0 spiro atoms. The van der Waals surface area contributed by atoms with E-state index in [0.29, 0.717) is 5.82 Å². The molecule has 0 radical (unpaired) electrons. The number of nitrogens with zero attached hydrogens (tertiary/aromatic N) is 4. The fourth-order valence-corrected chi connectivity index (χ4v) is 4.26. The molecule has 1 N–H and O–H groups in total. The molecule has 32 heavy (non-hydrogen) atoms. The Bertz CT molecular complexity index is 1410.